The normalized spacial score (nSPS) is 16.3. The molecule has 1 heterocycles. The zero-order valence-electron chi connectivity index (χ0n) is 21.9. The zero-order valence-corrected chi connectivity index (χ0v) is 22.6. The number of nitrogens with zero attached hydrogens (tertiary/aromatic N) is 1. The van der Waals surface area contributed by atoms with Crippen LogP contribution in [0.25, 0.3) is 5.76 Å². The van der Waals surface area contributed by atoms with E-state index in [2.05, 4.69) is 0 Å². The van der Waals surface area contributed by atoms with Crippen LogP contribution in [-0.4, -0.2) is 49.3 Å². The van der Waals surface area contributed by atoms with Crippen LogP contribution in [0, 0.1) is 0 Å². The predicted octanol–water partition coefficient (Wildman–Crippen LogP) is 5.49. The molecule has 39 heavy (non-hydrogen) atoms. The number of aliphatic hydroxyl groups excluding tert-OH is 1. The van der Waals surface area contributed by atoms with Gasteiger partial charge in [0.15, 0.2) is 11.5 Å². The summed E-state index contributed by atoms with van der Waals surface area (Å²) in [5.41, 5.74) is 0.740. The van der Waals surface area contributed by atoms with Crippen molar-refractivity contribution < 1.29 is 38.7 Å². The summed E-state index contributed by atoms with van der Waals surface area (Å²) in [4.78, 5) is 28.3. The molecule has 4 rings (SSSR count). The minimum atomic E-state index is -1.07. The monoisotopic (exact) mass is 553 g/mol. The number of carbonyl (C=O) groups excluding carboxylic acids is 2. The number of hydrogen-bond donors (Lipinski definition) is 2. The number of halogens is 1. The van der Waals surface area contributed by atoms with Crippen molar-refractivity contribution in [3.8, 4) is 28.7 Å². The van der Waals surface area contributed by atoms with Crippen molar-refractivity contribution in [3.05, 3.63) is 76.3 Å². The first kappa shape index (κ1) is 27.7. The Balaban J connectivity index is 1.98. The number of phenolic OH excluding ortho intramolecular Hbond substituents is 1. The lowest BCUT2D eigenvalue weighted by atomic mass is 9.94. The molecule has 1 unspecified atom stereocenters. The number of anilines is 1. The average Bonchev–Trinajstić information content (AvgIpc) is 3.20. The number of ketones is 1. The number of benzene rings is 3. The second kappa shape index (κ2) is 11.6. The molecule has 0 spiro atoms. The summed E-state index contributed by atoms with van der Waals surface area (Å²) in [6.45, 7) is 4.35. The fraction of sp³-hybridized carbons (Fsp3) is 0.241. The highest BCUT2D eigenvalue weighted by Gasteiger charge is 2.47. The van der Waals surface area contributed by atoms with Crippen molar-refractivity contribution in [2.24, 2.45) is 0 Å². The van der Waals surface area contributed by atoms with E-state index in [0.717, 1.165) is 0 Å². The number of methoxy groups -OCH3 is 2. The first-order valence-corrected chi connectivity index (χ1v) is 12.5. The van der Waals surface area contributed by atoms with Gasteiger partial charge in [0.1, 0.15) is 23.0 Å². The van der Waals surface area contributed by atoms with E-state index in [0.29, 0.717) is 23.6 Å². The van der Waals surface area contributed by atoms with Crippen LogP contribution in [-0.2, 0) is 9.59 Å². The van der Waals surface area contributed by atoms with Crippen LogP contribution < -0.4 is 23.8 Å². The van der Waals surface area contributed by atoms with Crippen LogP contribution in [0.5, 0.6) is 28.7 Å². The van der Waals surface area contributed by atoms with Gasteiger partial charge < -0.3 is 29.2 Å². The van der Waals surface area contributed by atoms with Crippen molar-refractivity contribution in [1.29, 1.82) is 0 Å². The lowest BCUT2D eigenvalue weighted by molar-refractivity contribution is -0.132. The molecular weight excluding hydrogens is 526 g/mol. The summed E-state index contributed by atoms with van der Waals surface area (Å²) in [5, 5.41) is 22.1. The Hall–Kier alpha value is -4.37. The average molecular weight is 554 g/mol. The smallest absolute Gasteiger partial charge is 0.300 e. The molecule has 0 bridgehead atoms. The third-order valence-corrected chi connectivity index (χ3v) is 6.49. The standard InChI is InChI=1S/C29H28ClNO8/c1-5-38-18-10-8-17(9-11-18)31-26(16-7-12-21(32)24(13-16)39-6-2)25(28(34)29(31)35)27(33)19-14-23(37-4)20(30)15-22(19)36-3/h7-15,26,32-33H,5-6H2,1-4H3/b27-25+. The molecule has 1 atom stereocenters. The van der Waals surface area contributed by atoms with Gasteiger partial charge in [-0.05, 0) is 61.9 Å². The Labute approximate surface area is 230 Å². The lowest BCUT2D eigenvalue weighted by Crippen LogP contribution is -2.29. The Morgan fingerprint density at radius 1 is 0.897 bits per heavy atom. The van der Waals surface area contributed by atoms with Gasteiger partial charge in [-0.3, -0.25) is 14.5 Å². The molecule has 0 saturated carbocycles. The second-order valence-corrected chi connectivity index (χ2v) is 8.85. The summed E-state index contributed by atoms with van der Waals surface area (Å²) in [6.07, 6.45) is 0. The zero-order chi connectivity index (χ0) is 28.3. The van der Waals surface area contributed by atoms with Crippen molar-refractivity contribution in [2.45, 2.75) is 19.9 Å². The minimum Gasteiger partial charge on any atom is -0.507 e. The number of carbonyl (C=O) groups is 2. The highest BCUT2D eigenvalue weighted by molar-refractivity contribution is 6.51. The van der Waals surface area contributed by atoms with E-state index in [-0.39, 0.29) is 45.8 Å². The maximum atomic E-state index is 13.5. The van der Waals surface area contributed by atoms with Gasteiger partial charge in [0.05, 0.1) is 49.6 Å². The molecule has 9 nitrogen and oxygen atoms in total. The van der Waals surface area contributed by atoms with Gasteiger partial charge >= 0.3 is 0 Å². The van der Waals surface area contributed by atoms with E-state index in [1.54, 1.807) is 37.3 Å². The van der Waals surface area contributed by atoms with Gasteiger partial charge in [0.2, 0.25) is 0 Å². The Morgan fingerprint density at radius 3 is 2.18 bits per heavy atom. The van der Waals surface area contributed by atoms with E-state index >= 15 is 0 Å². The van der Waals surface area contributed by atoms with Gasteiger partial charge in [-0.2, -0.15) is 0 Å². The van der Waals surface area contributed by atoms with E-state index in [4.69, 9.17) is 30.5 Å². The second-order valence-electron chi connectivity index (χ2n) is 8.44. The number of aliphatic hydroxyl groups is 1. The third-order valence-electron chi connectivity index (χ3n) is 6.20. The molecule has 1 amide bonds. The molecule has 1 aliphatic heterocycles. The van der Waals surface area contributed by atoms with Crippen LogP contribution in [0.1, 0.15) is 31.0 Å². The highest BCUT2D eigenvalue weighted by atomic mass is 35.5. The molecule has 1 saturated heterocycles. The van der Waals surface area contributed by atoms with Gasteiger partial charge in [-0.15, -0.1) is 0 Å². The fourth-order valence-corrected chi connectivity index (χ4v) is 4.68. The minimum absolute atomic E-state index is 0.109. The van der Waals surface area contributed by atoms with Crippen LogP contribution in [0.3, 0.4) is 0 Å². The molecule has 3 aromatic rings. The molecular formula is C29H28ClNO8. The number of amides is 1. The summed E-state index contributed by atoms with van der Waals surface area (Å²) in [7, 11) is 2.80. The van der Waals surface area contributed by atoms with Gasteiger partial charge in [-0.1, -0.05) is 17.7 Å². The summed E-state index contributed by atoms with van der Waals surface area (Å²) >= 11 is 6.24. The highest BCUT2D eigenvalue weighted by Crippen LogP contribution is 2.46. The third kappa shape index (κ3) is 5.18. The lowest BCUT2D eigenvalue weighted by Gasteiger charge is -2.26. The van der Waals surface area contributed by atoms with Crippen LogP contribution in [0.2, 0.25) is 5.02 Å². The molecule has 2 N–H and O–H groups in total. The van der Waals surface area contributed by atoms with Crippen molar-refractivity contribution in [3.63, 3.8) is 0 Å². The topological polar surface area (TPSA) is 115 Å². The SMILES string of the molecule is CCOc1ccc(N2C(=O)C(=O)/C(=C(/O)c3cc(OC)c(Cl)cc3OC)C2c2ccc(O)c(OCC)c2)cc1. The van der Waals surface area contributed by atoms with E-state index in [9.17, 15) is 19.8 Å². The molecule has 0 aromatic heterocycles. The summed E-state index contributed by atoms with van der Waals surface area (Å²) < 4.78 is 21.8. The Kier molecular flexibility index (Phi) is 8.21. The van der Waals surface area contributed by atoms with E-state index in [1.807, 2.05) is 6.92 Å². The number of phenols is 1. The predicted molar refractivity (Wildman–Crippen MR) is 146 cm³/mol. The van der Waals surface area contributed by atoms with E-state index in [1.165, 1.54) is 43.4 Å². The quantitative estimate of drug-likeness (QED) is 0.203. The molecule has 1 fully saturated rings. The van der Waals surface area contributed by atoms with Crippen LogP contribution in [0.4, 0.5) is 5.69 Å². The van der Waals surface area contributed by atoms with Crippen molar-refractivity contribution in [1.82, 2.24) is 0 Å². The van der Waals surface area contributed by atoms with Crippen molar-refractivity contribution >= 4 is 34.7 Å². The molecule has 10 heteroatoms. The van der Waals surface area contributed by atoms with Crippen molar-refractivity contribution in [2.75, 3.05) is 32.3 Å². The number of rotatable bonds is 9. The maximum Gasteiger partial charge on any atom is 0.300 e. The maximum absolute atomic E-state index is 13.5. The van der Waals surface area contributed by atoms with E-state index < -0.39 is 23.5 Å². The van der Waals surface area contributed by atoms with Gasteiger partial charge in [-0.25, -0.2) is 0 Å². The first-order valence-electron chi connectivity index (χ1n) is 12.2. The Bertz CT molecular complexity index is 1430. The largest absolute Gasteiger partial charge is 0.507 e. The molecule has 204 valence electrons. The fourth-order valence-electron chi connectivity index (χ4n) is 4.45. The number of hydrogen-bond acceptors (Lipinski definition) is 8. The summed E-state index contributed by atoms with van der Waals surface area (Å²) in [5.74, 6) is -1.18. The number of aromatic hydroxyl groups is 1. The molecule has 3 aromatic carbocycles. The van der Waals surface area contributed by atoms with Gasteiger partial charge in [0.25, 0.3) is 11.7 Å². The van der Waals surface area contributed by atoms with Gasteiger partial charge in [0, 0.05) is 11.8 Å². The summed E-state index contributed by atoms with van der Waals surface area (Å²) in [6, 6.07) is 13.0. The van der Waals surface area contributed by atoms with Crippen LogP contribution in [0.15, 0.2) is 60.2 Å². The molecule has 1 aliphatic rings. The number of ether oxygens (including phenoxy) is 4. The number of Topliss-reactive ketones (excluding diaryl/α,β-unsaturated/α-hetero) is 1. The molecule has 0 radical (unpaired) electrons. The Morgan fingerprint density at radius 2 is 1.56 bits per heavy atom. The molecule has 0 aliphatic carbocycles. The first-order chi connectivity index (χ1) is 18.7. The van der Waals surface area contributed by atoms with Crippen LogP contribution >= 0.6 is 11.6 Å².